The van der Waals surface area contributed by atoms with E-state index in [9.17, 15) is 15.0 Å². The number of hydrogen-bond donors (Lipinski definition) is 2. The smallest absolute Gasteiger partial charge is 0.309 e. The molecule has 0 aromatic rings. The van der Waals surface area contributed by atoms with E-state index in [1.54, 1.807) is 6.92 Å². The number of fused-ring (bicyclic) bond motifs is 3. The van der Waals surface area contributed by atoms with Crippen molar-refractivity contribution >= 4 is 5.97 Å². The fourth-order valence-electron chi connectivity index (χ4n) is 7.89. The maximum absolute atomic E-state index is 13.5. The highest BCUT2D eigenvalue weighted by Crippen LogP contribution is 2.57. The van der Waals surface area contributed by atoms with Gasteiger partial charge in [-0.2, -0.15) is 0 Å². The van der Waals surface area contributed by atoms with E-state index in [1.165, 1.54) is 18.3 Å². The van der Waals surface area contributed by atoms with Gasteiger partial charge in [-0.3, -0.25) is 4.79 Å². The van der Waals surface area contributed by atoms with Gasteiger partial charge in [-0.1, -0.05) is 18.6 Å². The molecule has 0 radical (unpaired) electrons. The number of carbonyl (C=O) groups is 1. The summed E-state index contributed by atoms with van der Waals surface area (Å²) in [6.45, 7) is 6.35. The third kappa shape index (κ3) is 4.08. The van der Waals surface area contributed by atoms with Gasteiger partial charge in [0, 0.05) is 14.0 Å². The first-order valence-corrected chi connectivity index (χ1v) is 13.7. The maximum atomic E-state index is 13.5. The molecule has 206 valence electrons. The molecule has 9 nitrogen and oxygen atoms in total. The van der Waals surface area contributed by atoms with E-state index in [2.05, 4.69) is 13.0 Å². The van der Waals surface area contributed by atoms with Crippen molar-refractivity contribution in [1.29, 1.82) is 0 Å². The van der Waals surface area contributed by atoms with E-state index in [-0.39, 0.29) is 41.3 Å². The largest absolute Gasteiger partial charge is 0.469 e. The van der Waals surface area contributed by atoms with Gasteiger partial charge in [0.05, 0.1) is 36.9 Å². The number of esters is 1. The minimum absolute atomic E-state index is 0.0419. The van der Waals surface area contributed by atoms with Gasteiger partial charge in [-0.15, -0.1) is 0 Å². The van der Waals surface area contributed by atoms with E-state index in [0.29, 0.717) is 13.0 Å². The first-order valence-electron chi connectivity index (χ1n) is 13.7. The number of rotatable bonds is 3. The molecule has 9 heteroatoms. The van der Waals surface area contributed by atoms with Gasteiger partial charge in [-0.05, 0) is 62.4 Å². The number of methoxy groups -OCH3 is 1. The molecule has 0 bridgehead atoms. The summed E-state index contributed by atoms with van der Waals surface area (Å²) in [4.78, 5) is 13.5. The van der Waals surface area contributed by atoms with Crippen molar-refractivity contribution in [2.24, 2.45) is 23.2 Å². The third-order valence-electron chi connectivity index (χ3n) is 10.1. The molecule has 12 atom stereocenters. The molecule has 4 aliphatic heterocycles. The average Bonchev–Trinajstić information content (AvgIpc) is 3.38. The quantitative estimate of drug-likeness (QED) is 0.428. The lowest BCUT2D eigenvalue weighted by Crippen LogP contribution is -2.59. The number of allylic oxidation sites excluding steroid dienone is 1. The maximum Gasteiger partial charge on any atom is 0.309 e. The number of aliphatic hydroxyl groups is 2. The number of carbonyl (C=O) groups excluding carboxylic acids is 1. The van der Waals surface area contributed by atoms with Gasteiger partial charge in [-0.25, -0.2) is 0 Å². The van der Waals surface area contributed by atoms with Gasteiger partial charge in [0.15, 0.2) is 6.29 Å². The molecule has 2 N–H and O–H groups in total. The van der Waals surface area contributed by atoms with Crippen LogP contribution in [0.2, 0.25) is 0 Å². The Morgan fingerprint density at radius 1 is 1.16 bits per heavy atom. The first kappa shape index (κ1) is 25.8. The van der Waals surface area contributed by atoms with Crippen LogP contribution in [-0.2, 0) is 33.2 Å². The molecule has 0 unspecified atom stereocenters. The minimum Gasteiger partial charge on any atom is -0.469 e. The second kappa shape index (κ2) is 9.31. The summed E-state index contributed by atoms with van der Waals surface area (Å²) in [6.07, 6.45) is 4.30. The molecule has 0 aromatic heterocycles. The van der Waals surface area contributed by atoms with Crippen LogP contribution in [0.1, 0.15) is 59.3 Å². The van der Waals surface area contributed by atoms with Crippen molar-refractivity contribution in [3.63, 3.8) is 0 Å². The normalized spacial score (nSPS) is 51.2. The van der Waals surface area contributed by atoms with Gasteiger partial charge in [0.2, 0.25) is 5.79 Å². The lowest BCUT2D eigenvalue weighted by atomic mass is 9.55. The van der Waals surface area contributed by atoms with Crippen LogP contribution in [0.25, 0.3) is 0 Å². The summed E-state index contributed by atoms with van der Waals surface area (Å²) >= 11 is 0. The molecule has 2 aliphatic carbocycles. The highest BCUT2D eigenvalue weighted by atomic mass is 16.7. The Morgan fingerprint density at radius 2 is 1.97 bits per heavy atom. The lowest BCUT2D eigenvalue weighted by molar-refractivity contribution is -0.309. The monoisotopic (exact) mass is 520 g/mol. The van der Waals surface area contributed by atoms with Crippen LogP contribution < -0.4 is 0 Å². The van der Waals surface area contributed by atoms with Crippen LogP contribution in [0.3, 0.4) is 0 Å². The molecule has 6 rings (SSSR count). The number of hydrogen-bond acceptors (Lipinski definition) is 9. The average molecular weight is 521 g/mol. The van der Waals surface area contributed by atoms with Crippen LogP contribution in [0.4, 0.5) is 0 Å². The van der Waals surface area contributed by atoms with Crippen LogP contribution in [0, 0.1) is 23.2 Å². The van der Waals surface area contributed by atoms with Gasteiger partial charge in [0.25, 0.3) is 0 Å². The zero-order chi connectivity index (χ0) is 26.1. The summed E-state index contributed by atoms with van der Waals surface area (Å²) in [7, 11) is 1.47. The second-order valence-corrected chi connectivity index (χ2v) is 12.1. The van der Waals surface area contributed by atoms with Crippen LogP contribution >= 0.6 is 0 Å². The highest BCUT2D eigenvalue weighted by molar-refractivity contribution is 5.74. The molecule has 4 fully saturated rings. The van der Waals surface area contributed by atoms with Gasteiger partial charge >= 0.3 is 5.97 Å². The predicted octanol–water partition coefficient (Wildman–Crippen LogP) is 2.59. The summed E-state index contributed by atoms with van der Waals surface area (Å²) in [5.41, 5.74) is 2.36. The number of ether oxygens (including phenoxy) is 6. The summed E-state index contributed by atoms with van der Waals surface area (Å²) in [5, 5.41) is 21.0. The topological polar surface area (TPSA) is 113 Å². The molecule has 6 aliphatic rings. The van der Waals surface area contributed by atoms with Gasteiger partial charge < -0.3 is 38.6 Å². The van der Waals surface area contributed by atoms with E-state index >= 15 is 0 Å². The van der Waals surface area contributed by atoms with E-state index in [0.717, 1.165) is 32.1 Å². The summed E-state index contributed by atoms with van der Waals surface area (Å²) in [5.74, 6) is -0.910. The fraction of sp³-hybridized carbons (Fsp3) is 0.821. The minimum atomic E-state index is -1.07. The zero-order valence-corrected chi connectivity index (χ0v) is 22.1. The Bertz CT molecular complexity index is 979. The molecule has 4 heterocycles. The fourth-order valence-corrected chi connectivity index (χ4v) is 7.89. The second-order valence-electron chi connectivity index (χ2n) is 12.1. The summed E-state index contributed by atoms with van der Waals surface area (Å²) in [6, 6.07) is 0. The van der Waals surface area contributed by atoms with E-state index < -0.39 is 36.5 Å². The standard InChI is InChI=1S/C28H40O9/c1-14-22(29)24(32-4)23(30)26(35-14)36-17-9-10-27(2)16(11-17)6-7-18-19(27)8-5-15-12-33-28(3)21(15)20(13-34-28)37-25(18)31/h6,12,14,17-24,26,29-30H,5,7-11,13H2,1-4H3/t14-,17+,18+,19+,20-,21-,22-,23-,24+,26+,27+,28+/m1/s1. The van der Waals surface area contributed by atoms with Crippen molar-refractivity contribution in [2.45, 2.75) is 108 Å². The number of aliphatic hydroxyl groups excluding tert-OH is 2. The highest BCUT2D eigenvalue weighted by Gasteiger charge is 2.58. The predicted molar refractivity (Wildman–Crippen MR) is 130 cm³/mol. The Kier molecular flexibility index (Phi) is 6.49. The SMILES string of the molecule is CO[C@@H]1[C@@H](O)[C@H](O[C@H]2CC[C@@]3(C)C(=CC[C@@H]4C(=O)O[C@@H]5CO[C@]6(C)OC=C(CC[C@@H]43)[C@H]56)C2)O[C@H](C)[C@H]1O. The molecular formula is C28H40O9. The Morgan fingerprint density at radius 3 is 2.76 bits per heavy atom. The molecule has 37 heavy (non-hydrogen) atoms. The van der Waals surface area contributed by atoms with Crippen molar-refractivity contribution in [1.82, 2.24) is 0 Å². The first-order chi connectivity index (χ1) is 17.6. The third-order valence-corrected chi connectivity index (χ3v) is 10.1. The van der Waals surface area contributed by atoms with Crippen molar-refractivity contribution in [3.8, 4) is 0 Å². The summed E-state index contributed by atoms with van der Waals surface area (Å²) < 4.78 is 35.3. The van der Waals surface area contributed by atoms with Crippen molar-refractivity contribution in [2.75, 3.05) is 13.7 Å². The van der Waals surface area contributed by atoms with E-state index in [4.69, 9.17) is 28.4 Å². The molecular weight excluding hydrogens is 480 g/mol. The van der Waals surface area contributed by atoms with Gasteiger partial charge in [0.1, 0.15) is 24.4 Å². The zero-order valence-electron chi connectivity index (χ0n) is 22.1. The molecule has 0 amide bonds. The van der Waals surface area contributed by atoms with Crippen LogP contribution in [0.5, 0.6) is 0 Å². The molecule has 1 saturated carbocycles. The Hall–Kier alpha value is -1.49. The molecule has 3 saturated heterocycles. The Balaban J connectivity index is 1.19. The van der Waals surface area contributed by atoms with Crippen molar-refractivity contribution < 1.29 is 43.4 Å². The lowest BCUT2D eigenvalue weighted by Gasteiger charge is -2.51. The molecule has 0 aromatic carbocycles. The van der Waals surface area contributed by atoms with Crippen molar-refractivity contribution in [3.05, 3.63) is 23.5 Å². The Labute approximate surface area is 218 Å². The van der Waals surface area contributed by atoms with E-state index in [1.807, 2.05) is 13.2 Å². The van der Waals surface area contributed by atoms with Crippen LogP contribution in [-0.4, -0.2) is 78.6 Å². The molecule has 0 spiro atoms. The van der Waals surface area contributed by atoms with Crippen LogP contribution in [0.15, 0.2) is 23.5 Å².